The lowest BCUT2D eigenvalue weighted by Crippen LogP contribution is -2.31. The molecule has 2 aromatic rings. The maximum atomic E-state index is 12.7. The van der Waals surface area contributed by atoms with E-state index in [9.17, 15) is 22.8 Å². The molecule has 0 radical (unpaired) electrons. The van der Waals surface area contributed by atoms with Crippen LogP contribution in [0.3, 0.4) is 0 Å². The minimum absolute atomic E-state index is 0.0298. The molecule has 10 heteroatoms. The number of carbonyl (C=O) groups excluding carboxylic acids is 3. The lowest BCUT2D eigenvalue weighted by atomic mass is 9.95. The van der Waals surface area contributed by atoms with Crippen molar-refractivity contribution in [3.8, 4) is 0 Å². The number of nitrogens with one attached hydrogen (secondary N) is 2. The van der Waals surface area contributed by atoms with Gasteiger partial charge in [0.2, 0.25) is 0 Å². The zero-order valence-corrected chi connectivity index (χ0v) is 18.2. The van der Waals surface area contributed by atoms with Gasteiger partial charge in [0.1, 0.15) is 5.00 Å². The Hall–Kier alpha value is -2.72. The molecule has 0 spiro atoms. The predicted octanol–water partition coefficient (Wildman–Crippen LogP) is 3.17. The van der Waals surface area contributed by atoms with Crippen LogP contribution in [0.2, 0.25) is 0 Å². The quantitative estimate of drug-likeness (QED) is 0.722. The number of anilines is 1. The van der Waals surface area contributed by atoms with Crippen molar-refractivity contribution in [2.75, 3.05) is 18.2 Å². The Kier molecular flexibility index (Phi) is 6.57. The highest BCUT2D eigenvalue weighted by Crippen LogP contribution is 2.38. The Balaban J connectivity index is 1.88. The van der Waals surface area contributed by atoms with E-state index in [1.165, 1.54) is 35.6 Å². The number of imide groups is 1. The molecule has 0 saturated carbocycles. The van der Waals surface area contributed by atoms with E-state index in [0.717, 1.165) is 36.8 Å². The SMILES string of the molecule is CCS(=O)(=O)c1ccc(C(=O)Nc2sc3c(c2C(=O)NC(=O)OC)CCCC3)cc1. The minimum Gasteiger partial charge on any atom is -0.453 e. The summed E-state index contributed by atoms with van der Waals surface area (Å²) in [5.74, 6) is -1.13. The van der Waals surface area contributed by atoms with Crippen LogP contribution in [-0.2, 0) is 27.4 Å². The van der Waals surface area contributed by atoms with Gasteiger partial charge in [0.05, 0.1) is 23.3 Å². The van der Waals surface area contributed by atoms with Crippen LogP contribution in [0.5, 0.6) is 0 Å². The van der Waals surface area contributed by atoms with E-state index in [2.05, 4.69) is 15.4 Å². The second kappa shape index (κ2) is 8.97. The Morgan fingerprint density at radius 1 is 1.07 bits per heavy atom. The maximum Gasteiger partial charge on any atom is 0.413 e. The number of ether oxygens (including phenoxy) is 1. The number of alkyl carbamates (subject to hydrolysis) is 1. The van der Waals surface area contributed by atoms with E-state index in [4.69, 9.17) is 0 Å². The number of rotatable bonds is 5. The zero-order valence-electron chi connectivity index (χ0n) is 16.6. The van der Waals surface area contributed by atoms with Gasteiger partial charge in [-0.25, -0.2) is 13.2 Å². The molecule has 8 nitrogen and oxygen atoms in total. The number of amides is 3. The third-order valence-corrected chi connectivity index (χ3v) is 7.84. The number of aryl methyl sites for hydroxylation is 1. The molecule has 1 aromatic heterocycles. The number of fused-ring (bicyclic) bond motifs is 1. The Morgan fingerprint density at radius 2 is 1.73 bits per heavy atom. The van der Waals surface area contributed by atoms with Gasteiger partial charge in [0, 0.05) is 10.4 Å². The number of thiophene rings is 1. The monoisotopic (exact) mass is 450 g/mol. The molecule has 0 saturated heterocycles. The molecule has 0 aliphatic heterocycles. The summed E-state index contributed by atoms with van der Waals surface area (Å²) < 4.78 is 28.4. The molecule has 3 rings (SSSR count). The Labute approximate surface area is 178 Å². The average Bonchev–Trinajstić information content (AvgIpc) is 3.11. The Morgan fingerprint density at radius 3 is 2.37 bits per heavy atom. The highest BCUT2D eigenvalue weighted by Gasteiger charge is 2.27. The summed E-state index contributed by atoms with van der Waals surface area (Å²) in [5.41, 5.74) is 1.38. The van der Waals surface area contributed by atoms with E-state index >= 15 is 0 Å². The first-order valence-corrected chi connectivity index (χ1v) is 11.9. The molecule has 1 aliphatic rings. The van der Waals surface area contributed by atoms with Crippen LogP contribution in [-0.4, -0.2) is 39.2 Å². The van der Waals surface area contributed by atoms with Crippen LogP contribution >= 0.6 is 11.3 Å². The van der Waals surface area contributed by atoms with Gasteiger partial charge < -0.3 is 10.1 Å². The molecule has 0 unspecified atom stereocenters. The normalized spacial score (nSPS) is 13.3. The van der Waals surface area contributed by atoms with Crippen LogP contribution in [0.15, 0.2) is 29.2 Å². The van der Waals surface area contributed by atoms with Crippen molar-refractivity contribution >= 4 is 44.1 Å². The van der Waals surface area contributed by atoms with Gasteiger partial charge in [-0.2, -0.15) is 0 Å². The van der Waals surface area contributed by atoms with Gasteiger partial charge in [-0.1, -0.05) is 6.92 Å². The van der Waals surface area contributed by atoms with Gasteiger partial charge in [-0.05, 0) is 55.5 Å². The van der Waals surface area contributed by atoms with Gasteiger partial charge in [-0.3, -0.25) is 14.9 Å². The fourth-order valence-electron chi connectivity index (χ4n) is 3.26. The maximum absolute atomic E-state index is 12.7. The summed E-state index contributed by atoms with van der Waals surface area (Å²) >= 11 is 1.32. The third-order valence-electron chi connectivity index (χ3n) is 4.88. The van der Waals surface area contributed by atoms with Crippen molar-refractivity contribution in [1.82, 2.24) is 5.32 Å². The van der Waals surface area contributed by atoms with Gasteiger partial charge in [-0.15, -0.1) is 11.3 Å². The summed E-state index contributed by atoms with van der Waals surface area (Å²) in [5, 5.41) is 5.26. The number of carbonyl (C=O) groups is 3. The molecule has 3 amide bonds. The van der Waals surface area contributed by atoms with Gasteiger partial charge in [0.15, 0.2) is 9.84 Å². The fourth-order valence-corrected chi connectivity index (χ4v) is 5.42. The van der Waals surface area contributed by atoms with Crippen LogP contribution in [0.25, 0.3) is 0 Å². The second-order valence-electron chi connectivity index (χ2n) is 6.74. The summed E-state index contributed by atoms with van der Waals surface area (Å²) in [6.07, 6.45) is 2.53. The van der Waals surface area contributed by atoms with Crippen LogP contribution in [0.1, 0.15) is 50.9 Å². The van der Waals surface area contributed by atoms with Crippen molar-refractivity contribution in [1.29, 1.82) is 0 Å². The largest absolute Gasteiger partial charge is 0.453 e. The highest BCUT2D eigenvalue weighted by atomic mass is 32.2. The van der Waals surface area contributed by atoms with Crippen molar-refractivity contribution in [3.05, 3.63) is 45.8 Å². The predicted molar refractivity (Wildman–Crippen MR) is 113 cm³/mol. The number of hydrogen-bond donors (Lipinski definition) is 2. The van der Waals surface area contributed by atoms with Crippen molar-refractivity contribution in [2.24, 2.45) is 0 Å². The summed E-state index contributed by atoms with van der Waals surface area (Å²) in [6, 6.07) is 5.63. The number of sulfone groups is 1. The molecule has 0 atom stereocenters. The fraction of sp³-hybridized carbons (Fsp3) is 0.350. The number of hydrogen-bond acceptors (Lipinski definition) is 7. The first kappa shape index (κ1) is 22.0. The average molecular weight is 451 g/mol. The smallest absolute Gasteiger partial charge is 0.413 e. The first-order chi connectivity index (χ1) is 14.3. The van der Waals surface area contributed by atoms with Crippen LogP contribution in [0, 0.1) is 0 Å². The summed E-state index contributed by atoms with van der Waals surface area (Å²) in [7, 11) is -2.20. The number of methoxy groups -OCH3 is 1. The lowest BCUT2D eigenvalue weighted by molar-refractivity contribution is 0.0937. The van der Waals surface area contributed by atoms with Crippen LogP contribution in [0.4, 0.5) is 9.80 Å². The van der Waals surface area contributed by atoms with E-state index < -0.39 is 27.7 Å². The molecule has 1 aromatic carbocycles. The first-order valence-electron chi connectivity index (χ1n) is 9.44. The summed E-state index contributed by atoms with van der Waals surface area (Å²) in [6.45, 7) is 1.55. The van der Waals surface area contributed by atoms with Crippen LogP contribution < -0.4 is 10.6 Å². The molecular formula is C20H22N2O6S2. The molecule has 1 aliphatic carbocycles. The Bertz CT molecular complexity index is 1090. The minimum atomic E-state index is -3.36. The van der Waals surface area contributed by atoms with E-state index in [1.807, 2.05) is 0 Å². The van der Waals surface area contributed by atoms with E-state index in [0.29, 0.717) is 11.4 Å². The molecular weight excluding hydrogens is 428 g/mol. The van der Waals surface area contributed by atoms with Gasteiger partial charge >= 0.3 is 6.09 Å². The molecule has 30 heavy (non-hydrogen) atoms. The van der Waals surface area contributed by atoms with E-state index in [1.54, 1.807) is 6.92 Å². The third kappa shape index (κ3) is 4.54. The second-order valence-corrected chi connectivity index (χ2v) is 10.1. The molecule has 1 heterocycles. The lowest BCUT2D eigenvalue weighted by Gasteiger charge is -2.12. The van der Waals surface area contributed by atoms with Crippen molar-refractivity contribution in [3.63, 3.8) is 0 Å². The molecule has 2 N–H and O–H groups in total. The molecule has 0 bridgehead atoms. The van der Waals surface area contributed by atoms with E-state index in [-0.39, 0.29) is 21.8 Å². The van der Waals surface area contributed by atoms with Gasteiger partial charge in [0.25, 0.3) is 11.8 Å². The standard InChI is InChI=1S/C20H22N2O6S2/c1-3-30(26,27)13-10-8-12(9-11-13)17(23)21-19-16(18(24)22-20(25)28-2)14-6-4-5-7-15(14)29-19/h8-11H,3-7H2,1-2H3,(H,21,23)(H,22,24,25). The van der Waals surface area contributed by atoms with Crippen molar-refractivity contribution < 1.29 is 27.5 Å². The highest BCUT2D eigenvalue weighted by molar-refractivity contribution is 7.91. The summed E-state index contributed by atoms with van der Waals surface area (Å²) in [4.78, 5) is 38.0. The molecule has 0 fully saturated rings. The van der Waals surface area contributed by atoms with Crippen molar-refractivity contribution in [2.45, 2.75) is 37.5 Å². The zero-order chi connectivity index (χ0) is 21.9. The molecule has 160 valence electrons. The topological polar surface area (TPSA) is 119 Å². The number of benzene rings is 1.